The Morgan fingerprint density at radius 1 is 0.400 bits per heavy atom. The van der Waals surface area contributed by atoms with Crippen molar-refractivity contribution in [2.45, 2.75) is 19.3 Å². The third-order valence-corrected chi connectivity index (χ3v) is 1.22. The minimum Gasteiger partial charge on any atom is -1.00 e. The van der Waals surface area contributed by atoms with Gasteiger partial charge in [0.15, 0.2) is 0 Å². The molecule has 0 aliphatic rings. The van der Waals surface area contributed by atoms with Crippen molar-refractivity contribution in [3.05, 3.63) is 0 Å². The maximum absolute atomic E-state index is 5.06. The maximum atomic E-state index is 5.06. The molecule has 0 spiro atoms. The summed E-state index contributed by atoms with van der Waals surface area (Å²) in [6.45, 7) is 4.31. The first-order valence-electron chi connectivity index (χ1n) is 5.45. The van der Waals surface area contributed by atoms with Crippen molar-refractivity contribution in [1.82, 2.24) is 0 Å². The summed E-state index contributed by atoms with van der Waals surface area (Å²) in [7, 11) is 0. The first-order chi connectivity index (χ1) is 7.24. The van der Waals surface area contributed by atoms with Gasteiger partial charge in [-0.05, 0) is 58.5 Å². The van der Waals surface area contributed by atoms with Crippen LogP contribution in [0.25, 0.3) is 0 Å². The Hall–Kier alpha value is 1.10. The smallest absolute Gasteiger partial charge is 1.00 e. The van der Waals surface area contributed by atoms with Gasteiger partial charge in [-0.1, -0.05) is 0 Å². The third-order valence-electron chi connectivity index (χ3n) is 1.22. The van der Waals surface area contributed by atoms with Gasteiger partial charge >= 0.3 is 16.8 Å². The Bertz CT molecular complexity index is 74.4. The molecule has 0 aromatic heterocycles. The second-order valence-electron chi connectivity index (χ2n) is 2.79. The van der Waals surface area contributed by atoms with Crippen LogP contribution >= 0.6 is 0 Å². The van der Waals surface area contributed by atoms with Crippen LogP contribution in [0.5, 0.6) is 0 Å². The van der Waals surface area contributed by atoms with E-state index in [1.165, 1.54) is 0 Å². The van der Waals surface area contributed by atoms with Crippen molar-refractivity contribution in [2.24, 2.45) is 34.4 Å². The Balaban J connectivity index is -0.0000000160. The van der Waals surface area contributed by atoms with Gasteiger partial charge in [0.2, 0.25) is 0 Å². The van der Waals surface area contributed by atoms with Gasteiger partial charge in [0.05, 0.1) is 0 Å². The Morgan fingerprint density at radius 3 is 0.500 bits per heavy atom. The molecule has 0 heterocycles. The van der Waals surface area contributed by atoms with Crippen LogP contribution < -0.4 is 71.6 Å². The molecule has 134 valence electrons. The molecule has 0 radical (unpaired) electrons. The van der Waals surface area contributed by atoms with Crippen LogP contribution in [0.4, 0.5) is 0 Å². The zero-order chi connectivity index (χ0) is 12.4. The molecule has 0 atom stereocenters. The largest absolute Gasteiger partial charge is 3.00 e. The normalized spacial score (nSPS) is 6.30. The molecule has 0 aromatic rings. The van der Waals surface area contributed by atoms with E-state index < -0.39 is 0 Å². The van der Waals surface area contributed by atoms with Crippen molar-refractivity contribution in [3.8, 4) is 0 Å². The van der Waals surface area contributed by atoms with Gasteiger partial charge in [-0.2, -0.15) is 0 Å². The number of hydrogen-bond donors (Lipinski definition) is 6. The summed E-state index contributed by atoms with van der Waals surface area (Å²) in [4.78, 5) is 0. The summed E-state index contributed by atoms with van der Waals surface area (Å²) in [6, 6.07) is 0. The molecule has 0 aliphatic heterocycles. The second-order valence-corrected chi connectivity index (χ2v) is 2.79. The Labute approximate surface area is 152 Å². The van der Waals surface area contributed by atoms with E-state index in [0.29, 0.717) is 0 Å². The van der Waals surface area contributed by atoms with E-state index >= 15 is 0 Å². The van der Waals surface area contributed by atoms with Crippen LogP contribution in [-0.2, 0) is 16.8 Å². The molecule has 0 rings (SSSR count). The number of halogens is 3. The fourth-order valence-electron chi connectivity index (χ4n) is 0.354. The van der Waals surface area contributed by atoms with Gasteiger partial charge in [0.1, 0.15) is 0 Å². The quantitative estimate of drug-likeness (QED) is 0.254. The molecular weight excluding hydrogens is 373 g/mol. The Morgan fingerprint density at radius 2 is 0.500 bits per heavy atom. The molecule has 0 aliphatic carbocycles. The SMILES string of the molecule is NCCCN.NCCCN.NCCCN.O.[Cl-].[Cl-].[Cl-].[Co+3]. The number of nitrogens with two attached hydrogens (primary N) is 6. The van der Waals surface area contributed by atoms with E-state index in [-0.39, 0.29) is 59.5 Å². The van der Waals surface area contributed by atoms with Crippen LogP contribution in [0, 0.1) is 0 Å². The standard InChI is InChI=1S/3C3H10N2.3ClH.Co.H2O/c3*4-2-1-3-5;;;;;/h3*1-5H2;3*1H;;1H2/q;;;;;;+3;/p-3. The molecule has 0 saturated heterocycles. The number of rotatable bonds is 6. The average Bonchev–Trinajstić information content (AvgIpc) is 2.23. The van der Waals surface area contributed by atoms with E-state index in [9.17, 15) is 0 Å². The zero-order valence-corrected chi connectivity index (χ0v) is 15.1. The first-order valence-corrected chi connectivity index (χ1v) is 5.45. The van der Waals surface area contributed by atoms with E-state index in [2.05, 4.69) is 0 Å². The number of hydrogen-bond acceptors (Lipinski definition) is 6. The molecule has 0 amide bonds. The van der Waals surface area contributed by atoms with Crippen LogP contribution in [-0.4, -0.2) is 44.7 Å². The van der Waals surface area contributed by atoms with Crippen molar-refractivity contribution in [2.75, 3.05) is 39.3 Å². The molecular formula is C9H32Cl3CoN6O. The summed E-state index contributed by atoms with van der Waals surface area (Å²) in [5, 5.41) is 0. The molecule has 0 unspecified atom stereocenters. The monoisotopic (exact) mass is 404 g/mol. The van der Waals surface area contributed by atoms with E-state index in [4.69, 9.17) is 34.4 Å². The molecule has 14 N–H and O–H groups in total. The topological polar surface area (TPSA) is 188 Å². The summed E-state index contributed by atoms with van der Waals surface area (Å²) in [5.41, 5.74) is 30.4. The predicted molar refractivity (Wildman–Crippen MR) is 71.8 cm³/mol. The summed E-state index contributed by atoms with van der Waals surface area (Å²) < 4.78 is 0. The summed E-state index contributed by atoms with van der Waals surface area (Å²) in [6.07, 6.45) is 2.83. The van der Waals surface area contributed by atoms with E-state index in [1.54, 1.807) is 0 Å². The van der Waals surface area contributed by atoms with Crippen LogP contribution in [0.2, 0.25) is 0 Å². The zero-order valence-electron chi connectivity index (χ0n) is 11.8. The third kappa shape index (κ3) is 124. The van der Waals surface area contributed by atoms with Crippen molar-refractivity contribution >= 4 is 0 Å². The molecule has 0 bridgehead atoms. The van der Waals surface area contributed by atoms with Crippen LogP contribution in [0.15, 0.2) is 0 Å². The Kier molecular flexibility index (Phi) is 179. The van der Waals surface area contributed by atoms with Crippen LogP contribution in [0.1, 0.15) is 19.3 Å². The molecule has 0 saturated carbocycles. The fraction of sp³-hybridized carbons (Fsp3) is 1.00. The van der Waals surface area contributed by atoms with Crippen molar-refractivity contribution < 1.29 is 59.5 Å². The fourth-order valence-corrected chi connectivity index (χ4v) is 0.354. The average molecular weight is 406 g/mol. The first kappa shape index (κ1) is 49.7. The molecule has 7 nitrogen and oxygen atoms in total. The maximum Gasteiger partial charge on any atom is 3.00 e. The van der Waals surface area contributed by atoms with Gasteiger partial charge in [0, 0.05) is 0 Å². The van der Waals surface area contributed by atoms with Gasteiger partial charge in [-0.15, -0.1) is 0 Å². The van der Waals surface area contributed by atoms with Gasteiger partial charge in [-0.25, -0.2) is 0 Å². The predicted octanol–water partition coefficient (Wildman–Crippen LogP) is -11.9. The summed E-state index contributed by atoms with van der Waals surface area (Å²) in [5.74, 6) is 0. The van der Waals surface area contributed by atoms with E-state index in [1.807, 2.05) is 0 Å². The molecule has 0 aromatic carbocycles. The van der Waals surface area contributed by atoms with Gasteiger partial charge < -0.3 is 77.1 Å². The van der Waals surface area contributed by atoms with Crippen LogP contribution in [0.3, 0.4) is 0 Å². The minimum absolute atomic E-state index is 0. The van der Waals surface area contributed by atoms with Crippen molar-refractivity contribution in [3.63, 3.8) is 0 Å². The van der Waals surface area contributed by atoms with Gasteiger partial charge in [0.25, 0.3) is 0 Å². The minimum atomic E-state index is 0. The molecule has 0 fully saturated rings. The van der Waals surface area contributed by atoms with Crippen molar-refractivity contribution in [1.29, 1.82) is 0 Å². The second kappa shape index (κ2) is 71.9. The molecule has 20 heavy (non-hydrogen) atoms. The summed E-state index contributed by atoms with van der Waals surface area (Å²) >= 11 is 0. The van der Waals surface area contributed by atoms with E-state index in [0.717, 1.165) is 58.5 Å². The van der Waals surface area contributed by atoms with Gasteiger partial charge in [-0.3, -0.25) is 0 Å². The molecule has 11 heteroatoms.